The van der Waals surface area contributed by atoms with E-state index >= 15 is 0 Å². The molecule has 1 saturated carbocycles. The van der Waals surface area contributed by atoms with Gasteiger partial charge in [-0.25, -0.2) is 4.68 Å². The maximum absolute atomic E-state index is 13.3. The van der Waals surface area contributed by atoms with Gasteiger partial charge in [0, 0.05) is 43.8 Å². The van der Waals surface area contributed by atoms with Crippen LogP contribution in [0.2, 0.25) is 0 Å². The van der Waals surface area contributed by atoms with Gasteiger partial charge in [0.25, 0.3) is 11.5 Å². The Morgan fingerprint density at radius 1 is 1.00 bits per heavy atom. The number of carbonyl (C=O) groups excluding carboxylic acids is 1. The van der Waals surface area contributed by atoms with Crippen molar-refractivity contribution in [2.45, 2.75) is 32.2 Å². The quantitative estimate of drug-likeness (QED) is 0.672. The van der Waals surface area contributed by atoms with Gasteiger partial charge in [0.1, 0.15) is 0 Å². The average Bonchev–Trinajstić information content (AvgIpc) is 3.65. The highest BCUT2D eigenvalue weighted by molar-refractivity contribution is 6.04. The van der Waals surface area contributed by atoms with E-state index in [1.165, 1.54) is 28.8 Å². The Hall–Kier alpha value is -3.15. The summed E-state index contributed by atoms with van der Waals surface area (Å²) < 4.78 is 1.38. The first kappa shape index (κ1) is 18.9. The lowest BCUT2D eigenvalue weighted by Crippen LogP contribution is -2.49. The molecule has 1 aliphatic carbocycles. The van der Waals surface area contributed by atoms with Gasteiger partial charge >= 0.3 is 0 Å². The lowest BCUT2D eigenvalue weighted by molar-refractivity contribution is 0.0740. The number of aromatic nitrogens is 2. The summed E-state index contributed by atoms with van der Waals surface area (Å²) in [4.78, 5) is 30.1. The molecule has 0 atom stereocenters. The molecule has 0 N–H and O–H groups in total. The topological polar surface area (TPSA) is 58.4 Å². The summed E-state index contributed by atoms with van der Waals surface area (Å²) in [6, 6.07) is 16.1. The molecule has 154 valence electrons. The summed E-state index contributed by atoms with van der Waals surface area (Å²) in [6.07, 6.45) is 2.60. The molecule has 30 heavy (non-hydrogen) atoms. The molecule has 0 spiro atoms. The number of hydrogen-bond donors (Lipinski definition) is 0. The zero-order chi connectivity index (χ0) is 20.7. The Kier molecular flexibility index (Phi) is 4.77. The minimum atomic E-state index is -0.148. The molecule has 1 aliphatic heterocycles. The van der Waals surface area contributed by atoms with E-state index in [2.05, 4.69) is 34.3 Å². The maximum Gasteiger partial charge on any atom is 0.275 e. The minimum Gasteiger partial charge on any atom is -0.368 e. The number of benzene rings is 2. The van der Waals surface area contributed by atoms with Gasteiger partial charge in [-0.2, -0.15) is 5.10 Å². The number of amides is 1. The molecule has 6 heteroatoms. The Bertz CT molecular complexity index is 1160. The van der Waals surface area contributed by atoms with Crippen molar-refractivity contribution in [2.24, 2.45) is 0 Å². The fraction of sp³-hybridized carbons (Fsp3) is 0.375. The molecule has 1 amide bonds. The standard InChI is InChI=1S/C24H26N4O2/c1-2-28-23(29)21-9-4-3-8-20(21)22(25-28)24(30)27-14-12-26(13-15-27)19-7-5-6-18(16-19)17-10-11-17/h3-9,16-17H,2,10-15H2,1H3. The molecule has 2 aliphatic rings. The van der Waals surface area contributed by atoms with Gasteiger partial charge in [0.15, 0.2) is 5.69 Å². The van der Waals surface area contributed by atoms with Crippen molar-refractivity contribution in [1.82, 2.24) is 14.7 Å². The highest BCUT2D eigenvalue weighted by atomic mass is 16.2. The first-order valence-corrected chi connectivity index (χ1v) is 10.8. The van der Waals surface area contributed by atoms with Gasteiger partial charge in [0.2, 0.25) is 0 Å². The van der Waals surface area contributed by atoms with Crippen molar-refractivity contribution in [3.05, 3.63) is 70.1 Å². The number of piperazine rings is 1. The van der Waals surface area contributed by atoms with Crippen LogP contribution in [-0.4, -0.2) is 46.8 Å². The first-order valence-electron chi connectivity index (χ1n) is 10.8. The van der Waals surface area contributed by atoms with E-state index in [4.69, 9.17) is 0 Å². The van der Waals surface area contributed by atoms with E-state index in [1.807, 2.05) is 30.0 Å². The number of aryl methyl sites for hydroxylation is 1. The Labute approximate surface area is 175 Å². The van der Waals surface area contributed by atoms with Crippen molar-refractivity contribution in [3.8, 4) is 0 Å². The predicted molar refractivity (Wildman–Crippen MR) is 118 cm³/mol. The van der Waals surface area contributed by atoms with Crippen molar-refractivity contribution in [1.29, 1.82) is 0 Å². The highest BCUT2D eigenvalue weighted by Gasteiger charge is 2.27. The molecule has 1 aromatic heterocycles. The Balaban J connectivity index is 1.37. The number of carbonyl (C=O) groups is 1. The number of rotatable bonds is 4. The van der Waals surface area contributed by atoms with Gasteiger partial charge in [0.05, 0.1) is 5.39 Å². The number of hydrogen-bond acceptors (Lipinski definition) is 4. The van der Waals surface area contributed by atoms with E-state index in [-0.39, 0.29) is 11.5 Å². The smallest absolute Gasteiger partial charge is 0.275 e. The second-order valence-corrected chi connectivity index (χ2v) is 8.16. The second kappa shape index (κ2) is 7.59. The van der Waals surface area contributed by atoms with Crippen LogP contribution in [0.4, 0.5) is 5.69 Å². The van der Waals surface area contributed by atoms with Crippen LogP contribution in [0.25, 0.3) is 10.8 Å². The van der Waals surface area contributed by atoms with Crippen LogP contribution in [-0.2, 0) is 6.54 Å². The second-order valence-electron chi connectivity index (χ2n) is 8.16. The van der Waals surface area contributed by atoms with Crippen molar-refractivity contribution in [2.75, 3.05) is 31.1 Å². The summed E-state index contributed by atoms with van der Waals surface area (Å²) in [5, 5.41) is 5.59. The van der Waals surface area contributed by atoms with Gasteiger partial charge in [-0.05, 0) is 49.4 Å². The van der Waals surface area contributed by atoms with Gasteiger partial charge in [-0.15, -0.1) is 0 Å². The molecule has 0 bridgehead atoms. The average molecular weight is 402 g/mol. The molecule has 3 aromatic rings. The summed E-state index contributed by atoms with van der Waals surface area (Å²) >= 11 is 0. The largest absolute Gasteiger partial charge is 0.368 e. The van der Waals surface area contributed by atoms with Crippen LogP contribution >= 0.6 is 0 Å². The van der Waals surface area contributed by atoms with E-state index in [9.17, 15) is 9.59 Å². The third kappa shape index (κ3) is 3.36. The van der Waals surface area contributed by atoms with E-state index < -0.39 is 0 Å². The van der Waals surface area contributed by atoms with Gasteiger partial charge in [-0.3, -0.25) is 9.59 Å². The van der Waals surface area contributed by atoms with E-state index in [0.717, 1.165) is 19.0 Å². The molecule has 2 aromatic carbocycles. The van der Waals surface area contributed by atoms with E-state index in [0.29, 0.717) is 36.1 Å². The maximum atomic E-state index is 13.3. The predicted octanol–water partition coefficient (Wildman–Crippen LogP) is 3.26. The Morgan fingerprint density at radius 3 is 2.43 bits per heavy atom. The number of fused-ring (bicyclic) bond motifs is 1. The van der Waals surface area contributed by atoms with Crippen molar-refractivity contribution >= 4 is 22.4 Å². The van der Waals surface area contributed by atoms with Gasteiger partial charge < -0.3 is 9.80 Å². The molecular weight excluding hydrogens is 376 g/mol. The van der Waals surface area contributed by atoms with Crippen LogP contribution in [0, 0.1) is 0 Å². The minimum absolute atomic E-state index is 0.0974. The molecule has 1 saturated heterocycles. The zero-order valence-electron chi connectivity index (χ0n) is 17.3. The van der Waals surface area contributed by atoms with Crippen LogP contribution in [0.3, 0.4) is 0 Å². The monoisotopic (exact) mass is 402 g/mol. The fourth-order valence-electron chi connectivity index (χ4n) is 4.32. The molecule has 2 fully saturated rings. The summed E-state index contributed by atoms with van der Waals surface area (Å²) in [6.45, 7) is 5.19. The number of anilines is 1. The van der Waals surface area contributed by atoms with Crippen molar-refractivity contribution < 1.29 is 4.79 Å². The SMILES string of the molecule is CCn1nc(C(=O)N2CCN(c3cccc(C4CC4)c3)CC2)c2ccccc2c1=O. The van der Waals surface area contributed by atoms with Gasteiger partial charge in [-0.1, -0.05) is 30.3 Å². The fourth-order valence-corrected chi connectivity index (χ4v) is 4.32. The van der Waals surface area contributed by atoms with Crippen LogP contribution in [0.15, 0.2) is 53.3 Å². The van der Waals surface area contributed by atoms with Crippen LogP contribution < -0.4 is 10.5 Å². The Morgan fingerprint density at radius 2 is 1.73 bits per heavy atom. The molecular formula is C24H26N4O2. The lowest BCUT2D eigenvalue weighted by Gasteiger charge is -2.36. The summed E-state index contributed by atoms with van der Waals surface area (Å²) in [5.74, 6) is 0.640. The third-order valence-electron chi connectivity index (χ3n) is 6.22. The molecule has 2 heterocycles. The molecule has 5 rings (SSSR count). The molecule has 6 nitrogen and oxygen atoms in total. The normalized spacial score (nSPS) is 16.8. The number of nitrogens with zero attached hydrogens (tertiary/aromatic N) is 4. The summed E-state index contributed by atoms with van der Waals surface area (Å²) in [5.41, 5.74) is 2.90. The third-order valence-corrected chi connectivity index (χ3v) is 6.22. The van der Waals surface area contributed by atoms with Crippen molar-refractivity contribution in [3.63, 3.8) is 0 Å². The lowest BCUT2D eigenvalue weighted by atomic mass is 10.1. The molecule has 0 radical (unpaired) electrons. The highest BCUT2D eigenvalue weighted by Crippen LogP contribution is 2.41. The van der Waals surface area contributed by atoms with Crippen LogP contribution in [0.5, 0.6) is 0 Å². The molecule has 0 unspecified atom stereocenters. The summed E-state index contributed by atoms with van der Waals surface area (Å²) in [7, 11) is 0. The first-order chi connectivity index (χ1) is 14.7. The van der Waals surface area contributed by atoms with Crippen LogP contribution in [0.1, 0.15) is 41.7 Å². The zero-order valence-corrected chi connectivity index (χ0v) is 17.3. The van der Waals surface area contributed by atoms with E-state index in [1.54, 1.807) is 6.07 Å².